The molecule has 1 unspecified atom stereocenters. The molecular formula is C27H29FN4O2. The third kappa shape index (κ3) is 5.43. The van der Waals surface area contributed by atoms with Crippen LogP contribution >= 0.6 is 0 Å². The van der Waals surface area contributed by atoms with Crippen molar-refractivity contribution < 1.29 is 14.0 Å². The molecule has 0 spiro atoms. The van der Waals surface area contributed by atoms with Gasteiger partial charge in [-0.25, -0.2) is 4.39 Å². The molecule has 3 aromatic rings. The van der Waals surface area contributed by atoms with E-state index in [0.717, 1.165) is 30.9 Å². The van der Waals surface area contributed by atoms with E-state index in [1.165, 1.54) is 6.07 Å². The molecule has 0 radical (unpaired) electrons. The number of nitrogens with zero attached hydrogens (tertiary/aromatic N) is 2. The molecule has 1 atom stereocenters. The summed E-state index contributed by atoms with van der Waals surface area (Å²) in [4.78, 5) is 29.6. The Bertz CT molecular complexity index is 1180. The molecule has 0 bridgehead atoms. The molecule has 3 aromatic carbocycles. The van der Waals surface area contributed by atoms with Crippen LogP contribution in [-0.2, 0) is 0 Å². The van der Waals surface area contributed by atoms with Gasteiger partial charge in [0.05, 0.1) is 0 Å². The number of aryl methyl sites for hydroxylation is 1. The van der Waals surface area contributed by atoms with Gasteiger partial charge in [-0.2, -0.15) is 0 Å². The maximum Gasteiger partial charge on any atom is 0.255 e. The van der Waals surface area contributed by atoms with Crippen molar-refractivity contribution in [3.05, 3.63) is 89.2 Å². The van der Waals surface area contributed by atoms with Gasteiger partial charge in [0, 0.05) is 47.3 Å². The summed E-state index contributed by atoms with van der Waals surface area (Å²) in [6.45, 7) is 3.67. The van der Waals surface area contributed by atoms with E-state index >= 15 is 0 Å². The lowest BCUT2D eigenvalue weighted by atomic mass is 10.1. The van der Waals surface area contributed by atoms with Crippen LogP contribution in [0.3, 0.4) is 0 Å². The highest BCUT2D eigenvalue weighted by molar-refractivity contribution is 6.06. The molecular weight excluding hydrogens is 431 g/mol. The average molecular weight is 461 g/mol. The van der Waals surface area contributed by atoms with Crippen LogP contribution in [0.4, 0.5) is 21.5 Å². The predicted molar refractivity (Wildman–Crippen MR) is 134 cm³/mol. The molecule has 0 aromatic heterocycles. The summed E-state index contributed by atoms with van der Waals surface area (Å²) in [5.41, 5.74) is 3.58. The number of carbonyl (C=O) groups excluding carboxylic acids is 2. The zero-order valence-electron chi connectivity index (χ0n) is 19.6. The largest absolute Gasteiger partial charge is 0.370 e. The van der Waals surface area contributed by atoms with Crippen LogP contribution in [0.1, 0.15) is 32.7 Å². The molecule has 34 heavy (non-hydrogen) atoms. The number of amides is 2. The third-order valence-electron chi connectivity index (χ3n) is 6.22. The number of benzene rings is 3. The second kappa shape index (κ2) is 10.1. The zero-order chi connectivity index (χ0) is 24.2. The van der Waals surface area contributed by atoms with Crippen LogP contribution < -0.4 is 15.5 Å². The summed E-state index contributed by atoms with van der Waals surface area (Å²) >= 11 is 0. The Morgan fingerprint density at radius 3 is 2.00 bits per heavy atom. The quantitative estimate of drug-likeness (QED) is 0.556. The van der Waals surface area contributed by atoms with E-state index in [1.54, 1.807) is 43.3 Å². The minimum absolute atomic E-state index is 0.236. The molecule has 1 heterocycles. The van der Waals surface area contributed by atoms with Crippen LogP contribution in [0.5, 0.6) is 0 Å². The predicted octanol–water partition coefficient (Wildman–Crippen LogP) is 4.78. The number of halogens is 1. The molecule has 1 saturated heterocycles. The number of carbonyl (C=O) groups is 2. The molecule has 4 rings (SSSR count). The van der Waals surface area contributed by atoms with Gasteiger partial charge in [-0.3, -0.25) is 9.59 Å². The summed E-state index contributed by atoms with van der Waals surface area (Å²) in [5.74, 6) is -1.07. The Morgan fingerprint density at radius 1 is 0.882 bits per heavy atom. The van der Waals surface area contributed by atoms with Gasteiger partial charge in [-0.1, -0.05) is 6.07 Å². The number of anilines is 3. The van der Waals surface area contributed by atoms with E-state index in [-0.39, 0.29) is 11.5 Å². The molecule has 176 valence electrons. The van der Waals surface area contributed by atoms with Gasteiger partial charge in [0.1, 0.15) is 5.82 Å². The minimum Gasteiger partial charge on any atom is -0.370 e. The highest BCUT2D eigenvalue weighted by Crippen LogP contribution is 2.24. The first-order valence-electron chi connectivity index (χ1n) is 11.3. The Hall–Kier alpha value is -3.71. The zero-order valence-corrected chi connectivity index (χ0v) is 19.6. The van der Waals surface area contributed by atoms with Gasteiger partial charge in [0.2, 0.25) is 0 Å². The van der Waals surface area contributed by atoms with E-state index in [4.69, 9.17) is 0 Å². The van der Waals surface area contributed by atoms with E-state index in [9.17, 15) is 14.0 Å². The normalized spacial score (nSPS) is 15.4. The number of likely N-dealkylation sites (N-methyl/N-ethyl adjacent to an activating group) is 1. The first-order chi connectivity index (χ1) is 16.3. The number of hydrogen-bond acceptors (Lipinski definition) is 4. The highest BCUT2D eigenvalue weighted by Gasteiger charge is 2.24. The number of hydrogen-bond donors (Lipinski definition) is 2. The molecule has 1 aliphatic heterocycles. The first-order valence-corrected chi connectivity index (χ1v) is 11.3. The molecule has 7 heteroatoms. The first kappa shape index (κ1) is 23.4. The lowest BCUT2D eigenvalue weighted by Gasteiger charge is -2.22. The van der Waals surface area contributed by atoms with Crippen molar-refractivity contribution in [2.24, 2.45) is 0 Å². The summed E-state index contributed by atoms with van der Waals surface area (Å²) < 4.78 is 13.7. The van der Waals surface area contributed by atoms with Crippen molar-refractivity contribution in [2.45, 2.75) is 19.4 Å². The van der Waals surface area contributed by atoms with Crippen molar-refractivity contribution in [1.82, 2.24) is 4.90 Å². The fourth-order valence-corrected chi connectivity index (χ4v) is 4.00. The lowest BCUT2D eigenvalue weighted by molar-refractivity contribution is 0.101. The Balaban J connectivity index is 1.34. The second-order valence-corrected chi connectivity index (χ2v) is 8.85. The van der Waals surface area contributed by atoms with Gasteiger partial charge < -0.3 is 20.4 Å². The third-order valence-corrected chi connectivity index (χ3v) is 6.22. The van der Waals surface area contributed by atoms with Crippen molar-refractivity contribution in [1.29, 1.82) is 0 Å². The molecule has 0 aliphatic carbocycles. The smallest absolute Gasteiger partial charge is 0.255 e. The molecule has 1 aliphatic rings. The Kier molecular flexibility index (Phi) is 6.93. The summed E-state index contributed by atoms with van der Waals surface area (Å²) in [6, 6.07) is 19.4. The van der Waals surface area contributed by atoms with Crippen molar-refractivity contribution in [3.63, 3.8) is 0 Å². The molecule has 0 saturated carbocycles. The maximum atomic E-state index is 13.7. The van der Waals surface area contributed by atoms with Gasteiger partial charge in [0.25, 0.3) is 11.8 Å². The topological polar surface area (TPSA) is 64.7 Å². The Morgan fingerprint density at radius 2 is 1.44 bits per heavy atom. The van der Waals surface area contributed by atoms with E-state index in [0.29, 0.717) is 22.9 Å². The van der Waals surface area contributed by atoms with Gasteiger partial charge >= 0.3 is 0 Å². The van der Waals surface area contributed by atoms with E-state index in [2.05, 4.69) is 34.5 Å². The van der Waals surface area contributed by atoms with Gasteiger partial charge in [-0.15, -0.1) is 0 Å². The molecule has 1 fully saturated rings. The fraction of sp³-hybridized carbons (Fsp3) is 0.259. The second-order valence-electron chi connectivity index (χ2n) is 8.85. The average Bonchev–Trinajstić information content (AvgIpc) is 3.32. The van der Waals surface area contributed by atoms with Crippen LogP contribution in [0.15, 0.2) is 66.7 Å². The van der Waals surface area contributed by atoms with E-state index < -0.39 is 11.7 Å². The molecule has 6 nitrogen and oxygen atoms in total. The summed E-state index contributed by atoms with van der Waals surface area (Å²) in [6.07, 6.45) is 1.14. The summed E-state index contributed by atoms with van der Waals surface area (Å²) in [5, 5.41) is 5.62. The fourth-order valence-electron chi connectivity index (χ4n) is 4.00. The van der Waals surface area contributed by atoms with Crippen molar-refractivity contribution >= 4 is 28.9 Å². The van der Waals surface area contributed by atoms with Crippen LogP contribution in [0.25, 0.3) is 0 Å². The van der Waals surface area contributed by atoms with Crippen molar-refractivity contribution in [3.8, 4) is 0 Å². The minimum atomic E-state index is -0.425. The monoisotopic (exact) mass is 460 g/mol. The molecule has 2 N–H and O–H groups in total. The summed E-state index contributed by atoms with van der Waals surface area (Å²) in [7, 11) is 4.22. The van der Waals surface area contributed by atoms with Crippen LogP contribution in [-0.4, -0.2) is 49.9 Å². The molecule has 2 amide bonds. The van der Waals surface area contributed by atoms with Crippen molar-refractivity contribution in [2.75, 3.05) is 42.7 Å². The number of rotatable bonds is 6. The standard InChI is InChI=1S/C27H29FN4O2/c1-18-4-5-20(16-25(18)28)27(34)30-21-8-6-19(7-9-21)26(33)29-22-10-12-23(13-11-22)32-15-14-24(17-32)31(2)3/h4-13,16,24H,14-15,17H2,1-3H3,(H,29,33)(H,30,34). The van der Waals surface area contributed by atoms with Crippen LogP contribution in [0.2, 0.25) is 0 Å². The Labute approximate surface area is 199 Å². The SMILES string of the molecule is Cc1ccc(C(=O)Nc2ccc(C(=O)Nc3ccc(N4CCC(N(C)C)C4)cc3)cc2)cc1F. The van der Waals surface area contributed by atoms with Gasteiger partial charge in [0.15, 0.2) is 0 Å². The number of nitrogens with one attached hydrogen (secondary N) is 2. The maximum absolute atomic E-state index is 13.7. The van der Waals surface area contributed by atoms with Gasteiger partial charge in [-0.05, 0) is 93.7 Å². The lowest BCUT2D eigenvalue weighted by Crippen LogP contribution is -2.31. The van der Waals surface area contributed by atoms with E-state index in [1.807, 2.05) is 24.3 Å². The highest BCUT2D eigenvalue weighted by atomic mass is 19.1. The van der Waals surface area contributed by atoms with Crippen LogP contribution in [0, 0.1) is 12.7 Å².